The molecule has 1 unspecified atom stereocenters. The van der Waals surface area contributed by atoms with Crippen LogP contribution in [0.25, 0.3) is 0 Å². The molecule has 2 amide bonds. The second kappa shape index (κ2) is 8.57. The van der Waals surface area contributed by atoms with Gasteiger partial charge in [0.25, 0.3) is 0 Å². The first-order chi connectivity index (χ1) is 13.7. The lowest BCUT2D eigenvalue weighted by Crippen LogP contribution is -2.62. The van der Waals surface area contributed by atoms with Crippen molar-refractivity contribution in [1.29, 1.82) is 0 Å². The van der Waals surface area contributed by atoms with Gasteiger partial charge in [-0.1, -0.05) is 12.1 Å². The van der Waals surface area contributed by atoms with E-state index in [4.69, 9.17) is 0 Å². The Morgan fingerprint density at radius 1 is 1.21 bits per heavy atom. The van der Waals surface area contributed by atoms with Gasteiger partial charge in [-0.05, 0) is 56.7 Å². The Kier molecular flexibility index (Phi) is 6.50. The molecule has 29 heavy (non-hydrogen) atoms. The number of halogens is 1. The average Bonchev–Trinajstić information content (AvgIpc) is 2.65. The summed E-state index contributed by atoms with van der Waals surface area (Å²) in [4.78, 5) is 13.8. The van der Waals surface area contributed by atoms with Crippen molar-refractivity contribution in [2.75, 3.05) is 32.8 Å². The van der Waals surface area contributed by atoms with Crippen molar-refractivity contribution in [3.05, 3.63) is 35.6 Å². The quantitative estimate of drug-likeness (QED) is 0.726. The van der Waals surface area contributed by atoms with Gasteiger partial charge in [-0.15, -0.1) is 0 Å². The van der Waals surface area contributed by atoms with Crippen LogP contribution < -0.4 is 5.32 Å². The van der Waals surface area contributed by atoms with Gasteiger partial charge in [-0.2, -0.15) is 0 Å². The highest BCUT2D eigenvalue weighted by molar-refractivity contribution is 7.90. The summed E-state index contributed by atoms with van der Waals surface area (Å²) in [5.74, 6) is -0.101. The minimum absolute atomic E-state index is 0.185. The second-order valence-corrected chi connectivity index (χ2v) is 10.9. The van der Waals surface area contributed by atoms with Crippen molar-refractivity contribution < 1.29 is 22.7 Å². The molecule has 1 aromatic rings. The van der Waals surface area contributed by atoms with Gasteiger partial charge in [0.15, 0.2) is 0 Å². The van der Waals surface area contributed by atoms with E-state index in [0.29, 0.717) is 39.0 Å². The molecule has 2 N–H and O–H groups in total. The molecule has 2 aliphatic heterocycles. The van der Waals surface area contributed by atoms with Gasteiger partial charge in [-0.25, -0.2) is 21.9 Å². The Hall–Kier alpha value is -1.71. The minimum Gasteiger partial charge on any atom is -0.394 e. The zero-order valence-corrected chi connectivity index (χ0v) is 17.8. The van der Waals surface area contributed by atoms with Crippen LogP contribution in [0.3, 0.4) is 0 Å². The van der Waals surface area contributed by atoms with Crippen molar-refractivity contribution in [2.24, 2.45) is 0 Å². The van der Waals surface area contributed by atoms with Crippen LogP contribution in [-0.2, 0) is 10.0 Å². The third-order valence-corrected chi connectivity index (χ3v) is 8.92. The summed E-state index contributed by atoms with van der Waals surface area (Å²) in [5, 5.41) is 12.5. The largest absolute Gasteiger partial charge is 0.394 e. The molecule has 0 spiro atoms. The molecular weight excluding hydrogens is 397 g/mol. The van der Waals surface area contributed by atoms with Crippen LogP contribution in [0.1, 0.15) is 44.6 Å². The highest BCUT2D eigenvalue weighted by Gasteiger charge is 2.47. The summed E-state index contributed by atoms with van der Waals surface area (Å²) in [5.41, 5.74) is 1.01. The Morgan fingerprint density at radius 2 is 1.79 bits per heavy atom. The molecule has 2 fully saturated rings. The molecule has 0 aromatic heterocycles. The highest BCUT2D eigenvalue weighted by Crippen LogP contribution is 2.33. The van der Waals surface area contributed by atoms with E-state index in [0.717, 1.165) is 12.0 Å². The van der Waals surface area contributed by atoms with Crippen molar-refractivity contribution >= 4 is 16.1 Å². The van der Waals surface area contributed by atoms with E-state index in [1.165, 1.54) is 16.4 Å². The van der Waals surface area contributed by atoms with E-state index in [2.05, 4.69) is 5.32 Å². The topological polar surface area (TPSA) is 90.0 Å². The number of hydrogen-bond acceptors (Lipinski definition) is 4. The molecule has 0 bridgehead atoms. The Balaban J connectivity index is 1.66. The number of rotatable bonds is 6. The number of carbonyl (C=O) groups excluding carboxylic acids is 1. The molecule has 0 radical (unpaired) electrons. The number of aliphatic hydroxyl groups excluding tert-OH is 1. The second-order valence-electron chi connectivity index (χ2n) is 8.36. The van der Waals surface area contributed by atoms with Crippen LogP contribution in [0.4, 0.5) is 9.18 Å². The molecule has 162 valence electrons. The Bertz CT molecular complexity index is 817. The van der Waals surface area contributed by atoms with E-state index < -0.39 is 27.4 Å². The number of nitrogens with one attached hydrogen (secondary N) is 1. The van der Waals surface area contributed by atoms with Crippen LogP contribution in [0.5, 0.6) is 0 Å². The average molecular weight is 428 g/mol. The van der Waals surface area contributed by atoms with Gasteiger partial charge < -0.3 is 15.3 Å². The number of hydrogen-bond donors (Lipinski definition) is 2. The fourth-order valence-electron chi connectivity index (χ4n) is 3.88. The normalized spacial score (nSPS) is 20.2. The lowest BCUT2D eigenvalue weighted by Gasteiger charge is -2.41. The third-order valence-electron chi connectivity index (χ3n) is 6.26. The maximum Gasteiger partial charge on any atom is 0.317 e. The van der Waals surface area contributed by atoms with E-state index in [1.807, 2.05) is 0 Å². The number of aliphatic hydroxyl groups is 1. The highest BCUT2D eigenvalue weighted by atomic mass is 32.2. The van der Waals surface area contributed by atoms with Gasteiger partial charge in [0, 0.05) is 26.2 Å². The maximum absolute atomic E-state index is 13.3. The first-order valence-corrected chi connectivity index (χ1v) is 11.5. The molecule has 0 saturated carbocycles. The Morgan fingerprint density at radius 3 is 2.28 bits per heavy atom. The molecule has 9 heteroatoms. The predicted molar refractivity (Wildman–Crippen MR) is 109 cm³/mol. The van der Waals surface area contributed by atoms with E-state index in [1.54, 1.807) is 30.9 Å². The number of urea groups is 1. The van der Waals surface area contributed by atoms with E-state index in [9.17, 15) is 22.7 Å². The number of amides is 2. The van der Waals surface area contributed by atoms with Crippen molar-refractivity contribution in [2.45, 2.75) is 49.8 Å². The molecule has 1 atom stereocenters. The van der Waals surface area contributed by atoms with E-state index >= 15 is 0 Å². The molecular formula is C20H30FN3O4S. The zero-order chi connectivity index (χ0) is 21.2. The van der Waals surface area contributed by atoms with Crippen molar-refractivity contribution in [3.63, 3.8) is 0 Å². The molecule has 3 rings (SSSR count). The number of benzene rings is 1. The lowest BCUT2D eigenvalue weighted by atomic mass is 9.90. The SMILES string of the molecule is CC(C)(C(CO)NC(=O)N1CCC1)S(=O)(=O)N1CCC(c2ccc(F)cc2)CC1. The van der Waals surface area contributed by atoms with Crippen LogP contribution >= 0.6 is 0 Å². The molecule has 2 saturated heterocycles. The van der Waals surface area contributed by atoms with Crippen LogP contribution in [0, 0.1) is 5.82 Å². The maximum atomic E-state index is 13.3. The summed E-state index contributed by atoms with van der Waals surface area (Å²) < 4.78 is 39.9. The molecule has 7 nitrogen and oxygen atoms in total. The zero-order valence-electron chi connectivity index (χ0n) is 17.0. The smallest absolute Gasteiger partial charge is 0.317 e. The summed E-state index contributed by atoms with van der Waals surface area (Å²) in [6, 6.07) is 5.11. The van der Waals surface area contributed by atoms with Gasteiger partial charge in [0.1, 0.15) is 10.6 Å². The number of carbonyl (C=O) groups is 1. The monoisotopic (exact) mass is 427 g/mol. The summed E-state index contributed by atoms with van der Waals surface area (Å²) in [6.45, 7) is 4.63. The van der Waals surface area contributed by atoms with Crippen molar-refractivity contribution in [1.82, 2.24) is 14.5 Å². The fourth-order valence-corrected chi connectivity index (χ4v) is 5.73. The number of nitrogens with zero attached hydrogens (tertiary/aromatic N) is 2. The summed E-state index contributed by atoms with van der Waals surface area (Å²) in [6.07, 6.45) is 2.22. The molecule has 0 aliphatic carbocycles. The molecule has 2 aliphatic rings. The van der Waals surface area contributed by atoms with Crippen LogP contribution in [-0.4, -0.2) is 72.3 Å². The number of likely N-dealkylation sites (tertiary alicyclic amines) is 1. The van der Waals surface area contributed by atoms with Gasteiger partial charge in [-0.3, -0.25) is 0 Å². The molecule has 2 heterocycles. The third kappa shape index (κ3) is 4.41. The number of piperidine rings is 1. The predicted octanol–water partition coefficient (Wildman–Crippen LogP) is 1.89. The first-order valence-electron chi connectivity index (χ1n) is 10.1. The van der Waals surface area contributed by atoms with Crippen LogP contribution in [0.2, 0.25) is 0 Å². The van der Waals surface area contributed by atoms with Gasteiger partial charge >= 0.3 is 6.03 Å². The summed E-state index contributed by atoms with van der Waals surface area (Å²) in [7, 11) is -3.77. The van der Waals surface area contributed by atoms with Gasteiger partial charge in [0.05, 0.1) is 12.6 Å². The van der Waals surface area contributed by atoms with Crippen molar-refractivity contribution in [3.8, 4) is 0 Å². The summed E-state index contributed by atoms with van der Waals surface area (Å²) >= 11 is 0. The fraction of sp³-hybridized carbons (Fsp3) is 0.650. The Labute approximate surface area is 171 Å². The first kappa shape index (κ1) is 22.0. The molecule has 1 aromatic carbocycles. The standard InChI is InChI=1S/C20H30FN3O4S/c1-20(2,18(14-25)22-19(26)23-10-3-11-23)29(27,28)24-12-8-16(9-13-24)15-4-6-17(21)7-5-15/h4-7,16,18,25H,3,8-14H2,1-2H3,(H,22,26). The lowest BCUT2D eigenvalue weighted by molar-refractivity contribution is 0.150. The minimum atomic E-state index is -3.77. The number of sulfonamides is 1. The van der Waals surface area contributed by atoms with E-state index in [-0.39, 0.29) is 17.8 Å². The van der Waals surface area contributed by atoms with Gasteiger partial charge in [0.2, 0.25) is 10.0 Å². The van der Waals surface area contributed by atoms with Crippen LogP contribution in [0.15, 0.2) is 24.3 Å².